The maximum absolute atomic E-state index is 10.8. The number of nitrogens with zero attached hydrogens (tertiary/aromatic N) is 4. The first kappa shape index (κ1) is 15.2. The normalized spacial score (nSPS) is 23.1. The number of carboxylic acids is 1. The molecule has 7 heteroatoms. The van der Waals surface area contributed by atoms with Gasteiger partial charge in [-0.2, -0.15) is 0 Å². The monoisotopic (exact) mass is 298 g/mol. The molecule has 1 N–H and O–H groups in total. The molecule has 0 saturated carbocycles. The van der Waals surface area contributed by atoms with Crippen LogP contribution >= 0.6 is 11.8 Å². The van der Waals surface area contributed by atoms with Gasteiger partial charge in [0, 0.05) is 18.5 Å². The fourth-order valence-electron chi connectivity index (χ4n) is 2.77. The minimum atomic E-state index is -0.831. The maximum atomic E-state index is 10.8. The third kappa shape index (κ3) is 3.08. The first-order valence-corrected chi connectivity index (χ1v) is 8.10. The van der Waals surface area contributed by atoms with Crippen LogP contribution in [-0.4, -0.2) is 43.8 Å². The van der Waals surface area contributed by atoms with Crippen LogP contribution in [0.3, 0.4) is 0 Å². The van der Waals surface area contributed by atoms with Crippen LogP contribution < -0.4 is 5.01 Å². The molecule has 6 nitrogen and oxygen atoms in total. The number of carboxylic acid groups (broad SMARTS) is 1. The minimum absolute atomic E-state index is 0.0124. The highest BCUT2D eigenvalue weighted by molar-refractivity contribution is 7.99. The van der Waals surface area contributed by atoms with E-state index in [1.807, 2.05) is 11.6 Å². The van der Waals surface area contributed by atoms with Gasteiger partial charge in [0.1, 0.15) is 0 Å². The predicted octanol–water partition coefficient (Wildman–Crippen LogP) is 1.92. The van der Waals surface area contributed by atoms with E-state index >= 15 is 0 Å². The summed E-state index contributed by atoms with van der Waals surface area (Å²) in [6.45, 7) is 6.47. The van der Waals surface area contributed by atoms with Crippen molar-refractivity contribution in [2.75, 3.05) is 10.8 Å². The van der Waals surface area contributed by atoms with Gasteiger partial charge in [0.25, 0.3) is 0 Å². The van der Waals surface area contributed by atoms with E-state index in [1.54, 1.807) is 0 Å². The quantitative estimate of drug-likeness (QED) is 0.837. The van der Waals surface area contributed by atoms with Gasteiger partial charge in [0.2, 0.25) is 5.16 Å². The second-order valence-electron chi connectivity index (χ2n) is 5.26. The molecule has 0 radical (unpaired) electrons. The molecule has 1 fully saturated rings. The van der Waals surface area contributed by atoms with Crippen LogP contribution in [0.4, 0.5) is 0 Å². The van der Waals surface area contributed by atoms with Crippen LogP contribution in [0.1, 0.15) is 45.9 Å². The molecule has 0 aromatic carbocycles. The summed E-state index contributed by atoms with van der Waals surface area (Å²) in [6.07, 6.45) is 4.32. The van der Waals surface area contributed by atoms with Crippen LogP contribution in [-0.2, 0) is 11.2 Å². The number of rotatable bonds is 5. The molecule has 0 aliphatic carbocycles. The third-order valence-corrected chi connectivity index (χ3v) is 4.60. The smallest absolute Gasteiger partial charge is 0.313 e. The van der Waals surface area contributed by atoms with E-state index in [1.165, 1.54) is 18.2 Å². The van der Waals surface area contributed by atoms with E-state index in [4.69, 9.17) is 5.11 Å². The van der Waals surface area contributed by atoms with Crippen LogP contribution in [0.15, 0.2) is 5.16 Å². The average Bonchev–Trinajstić information content (AvgIpc) is 2.79. The summed E-state index contributed by atoms with van der Waals surface area (Å²) in [5.74, 6) is 0.0826. The molecule has 0 spiro atoms. The topological polar surface area (TPSA) is 71.2 Å². The van der Waals surface area contributed by atoms with Gasteiger partial charge in [-0.15, -0.1) is 10.2 Å². The molecule has 20 heavy (non-hydrogen) atoms. The average molecular weight is 298 g/mol. The molecule has 0 amide bonds. The Hall–Kier alpha value is -1.24. The second-order valence-corrected chi connectivity index (χ2v) is 6.20. The number of carbonyl (C=O) groups is 1. The lowest BCUT2D eigenvalue weighted by atomic mass is 10.00. The molecule has 0 bridgehead atoms. The summed E-state index contributed by atoms with van der Waals surface area (Å²) >= 11 is 1.24. The molecule has 2 rings (SSSR count). The van der Waals surface area contributed by atoms with Gasteiger partial charge in [0.15, 0.2) is 5.82 Å². The van der Waals surface area contributed by atoms with Gasteiger partial charge in [-0.25, -0.2) is 4.68 Å². The number of hydrogen-bond acceptors (Lipinski definition) is 5. The van der Waals surface area contributed by atoms with Crippen molar-refractivity contribution in [3.05, 3.63) is 5.82 Å². The molecule has 2 heterocycles. The number of thioether (sulfide) groups is 1. The molecule has 1 aliphatic rings. The van der Waals surface area contributed by atoms with E-state index < -0.39 is 5.97 Å². The summed E-state index contributed by atoms with van der Waals surface area (Å²) in [6, 6.07) is 0.841. The molecule has 1 saturated heterocycles. The SMILES string of the molecule is CCc1nnc(SCC(=O)O)n1N1C(C)CCCC1C. The highest BCUT2D eigenvalue weighted by Gasteiger charge is 2.29. The largest absolute Gasteiger partial charge is 0.481 e. The van der Waals surface area contributed by atoms with E-state index in [0.29, 0.717) is 17.2 Å². The first-order chi connectivity index (χ1) is 9.54. The molecule has 112 valence electrons. The molecule has 1 aromatic rings. The zero-order valence-electron chi connectivity index (χ0n) is 12.2. The van der Waals surface area contributed by atoms with E-state index in [9.17, 15) is 4.79 Å². The van der Waals surface area contributed by atoms with Crippen molar-refractivity contribution < 1.29 is 9.90 Å². The van der Waals surface area contributed by atoms with Crippen molar-refractivity contribution in [1.82, 2.24) is 14.9 Å². The summed E-state index contributed by atoms with van der Waals surface area (Å²) < 4.78 is 2.04. The van der Waals surface area contributed by atoms with Crippen molar-refractivity contribution in [3.63, 3.8) is 0 Å². The van der Waals surface area contributed by atoms with Crippen molar-refractivity contribution in [2.45, 2.75) is 63.7 Å². The Morgan fingerprint density at radius 3 is 2.55 bits per heavy atom. The number of aryl methyl sites for hydroxylation is 1. The van der Waals surface area contributed by atoms with Crippen molar-refractivity contribution in [2.24, 2.45) is 0 Å². The fraction of sp³-hybridized carbons (Fsp3) is 0.769. The summed E-state index contributed by atoms with van der Waals surface area (Å²) in [7, 11) is 0. The zero-order chi connectivity index (χ0) is 14.7. The van der Waals surface area contributed by atoms with E-state index in [-0.39, 0.29) is 5.75 Å². The van der Waals surface area contributed by atoms with Gasteiger partial charge >= 0.3 is 5.97 Å². The van der Waals surface area contributed by atoms with Crippen LogP contribution in [0.2, 0.25) is 0 Å². The molecule has 1 aliphatic heterocycles. The highest BCUT2D eigenvalue weighted by atomic mass is 32.2. The number of hydrogen-bond donors (Lipinski definition) is 1. The zero-order valence-corrected chi connectivity index (χ0v) is 13.1. The summed E-state index contributed by atoms with van der Waals surface area (Å²) in [5.41, 5.74) is 0. The Morgan fingerprint density at radius 2 is 2.00 bits per heavy atom. The van der Waals surface area contributed by atoms with Gasteiger partial charge in [0.05, 0.1) is 5.75 Å². The second kappa shape index (κ2) is 6.47. The Balaban J connectivity index is 2.31. The molecule has 2 atom stereocenters. The Morgan fingerprint density at radius 1 is 1.35 bits per heavy atom. The van der Waals surface area contributed by atoms with E-state index in [2.05, 4.69) is 29.1 Å². The van der Waals surface area contributed by atoms with Gasteiger partial charge in [-0.05, 0) is 33.1 Å². The summed E-state index contributed by atoms with van der Waals surface area (Å²) in [5, 5.41) is 20.2. The maximum Gasteiger partial charge on any atom is 0.313 e. The lowest BCUT2D eigenvalue weighted by Crippen LogP contribution is -2.51. The number of aliphatic carboxylic acids is 1. The summed E-state index contributed by atoms with van der Waals surface area (Å²) in [4.78, 5) is 10.8. The Kier molecular flexibility index (Phi) is 4.91. The van der Waals surface area contributed by atoms with Crippen LogP contribution in [0.25, 0.3) is 0 Å². The number of aromatic nitrogens is 3. The predicted molar refractivity (Wildman–Crippen MR) is 78.8 cm³/mol. The molecule has 2 unspecified atom stereocenters. The Labute approximate surface area is 123 Å². The molecule has 1 aromatic heterocycles. The van der Waals surface area contributed by atoms with Gasteiger partial charge in [-0.3, -0.25) is 4.79 Å². The lowest BCUT2D eigenvalue weighted by molar-refractivity contribution is -0.133. The first-order valence-electron chi connectivity index (χ1n) is 7.12. The van der Waals surface area contributed by atoms with Crippen molar-refractivity contribution in [1.29, 1.82) is 0 Å². The van der Waals surface area contributed by atoms with Crippen LogP contribution in [0, 0.1) is 0 Å². The van der Waals surface area contributed by atoms with Crippen molar-refractivity contribution in [3.8, 4) is 0 Å². The third-order valence-electron chi connectivity index (χ3n) is 3.70. The molecular formula is C13H22N4O2S. The fourth-order valence-corrected chi connectivity index (χ4v) is 3.44. The lowest BCUT2D eigenvalue weighted by Gasteiger charge is -2.42. The van der Waals surface area contributed by atoms with Crippen molar-refractivity contribution >= 4 is 17.7 Å². The minimum Gasteiger partial charge on any atom is -0.481 e. The number of piperidine rings is 1. The van der Waals surface area contributed by atoms with Gasteiger partial charge in [-0.1, -0.05) is 18.7 Å². The highest BCUT2D eigenvalue weighted by Crippen LogP contribution is 2.26. The molecular weight excluding hydrogens is 276 g/mol. The van der Waals surface area contributed by atoms with Crippen LogP contribution in [0.5, 0.6) is 0 Å². The standard InChI is InChI=1S/C13H22N4O2S/c1-4-11-14-15-13(20-8-12(18)19)17(11)16-9(2)6-5-7-10(16)3/h9-10H,4-8H2,1-3H3,(H,18,19). The Bertz CT molecular complexity index is 467. The van der Waals surface area contributed by atoms with Gasteiger partial charge < -0.3 is 10.1 Å². The van der Waals surface area contributed by atoms with E-state index in [0.717, 1.165) is 25.1 Å².